The number of aliphatic carboxylic acids is 1. The second-order valence-corrected chi connectivity index (χ2v) is 3.51. The van der Waals surface area contributed by atoms with Gasteiger partial charge in [-0.1, -0.05) is 17.7 Å². The van der Waals surface area contributed by atoms with E-state index in [2.05, 4.69) is 5.32 Å². The molecule has 0 unspecified atom stereocenters. The van der Waals surface area contributed by atoms with Crippen LogP contribution in [0.1, 0.15) is 18.0 Å². The Balaban J connectivity index is 3.00. The average molecular weight is 246 g/mol. The van der Waals surface area contributed by atoms with Crippen LogP contribution in [0.15, 0.2) is 18.2 Å². The van der Waals surface area contributed by atoms with Crippen LogP contribution < -0.4 is 5.32 Å². The third-order valence-corrected chi connectivity index (χ3v) is 2.31. The fourth-order valence-electron chi connectivity index (χ4n) is 1.30. The Hall–Kier alpha value is -1.62. The van der Waals surface area contributed by atoms with Crippen molar-refractivity contribution in [1.29, 1.82) is 0 Å². The van der Waals surface area contributed by atoms with Crippen molar-refractivity contribution in [3.8, 4) is 0 Å². The largest absolute Gasteiger partial charge is 0.481 e. The van der Waals surface area contributed by atoms with Crippen molar-refractivity contribution in [3.63, 3.8) is 0 Å². The SMILES string of the molecule is O=CN[C@H](CC(=O)O)c1ccc(F)cc1Cl. The van der Waals surface area contributed by atoms with E-state index in [0.29, 0.717) is 12.0 Å². The second-order valence-electron chi connectivity index (χ2n) is 3.10. The fraction of sp³-hybridized carbons (Fsp3) is 0.200. The van der Waals surface area contributed by atoms with Crippen molar-refractivity contribution in [2.75, 3.05) is 0 Å². The maximum atomic E-state index is 12.8. The number of carbonyl (C=O) groups is 2. The van der Waals surface area contributed by atoms with Gasteiger partial charge in [0.25, 0.3) is 0 Å². The lowest BCUT2D eigenvalue weighted by Crippen LogP contribution is -2.22. The van der Waals surface area contributed by atoms with Crippen LogP contribution in [0, 0.1) is 5.82 Å². The summed E-state index contributed by atoms with van der Waals surface area (Å²) in [5.74, 6) is -1.60. The number of carboxylic acids is 1. The number of carbonyl (C=O) groups excluding carboxylic acids is 1. The van der Waals surface area contributed by atoms with E-state index in [1.54, 1.807) is 0 Å². The molecule has 0 saturated heterocycles. The van der Waals surface area contributed by atoms with Gasteiger partial charge in [-0.25, -0.2) is 4.39 Å². The quantitative estimate of drug-likeness (QED) is 0.777. The highest BCUT2D eigenvalue weighted by molar-refractivity contribution is 6.31. The molecule has 0 radical (unpaired) electrons. The van der Waals surface area contributed by atoms with Crippen LogP contribution in [-0.2, 0) is 9.59 Å². The van der Waals surface area contributed by atoms with E-state index in [1.165, 1.54) is 6.07 Å². The molecule has 6 heteroatoms. The molecular formula is C10H9ClFNO3. The topological polar surface area (TPSA) is 66.4 Å². The maximum absolute atomic E-state index is 12.8. The highest BCUT2D eigenvalue weighted by Gasteiger charge is 2.17. The Morgan fingerprint density at radius 2 is 2.31 bits per heavy atom. The van der Waals surface area contributed by atoms with Crippen LogP contribution in [0.4, 0.5) is 4.39 Å². The van der Waals surface area contributed by atoms with Crippen LogP contribution >= 0.6 is 11.6 Å². The summed E-state index contributed by atoms with van der Waals surface area (Å²) >= 11 is 5.75. The summed E-state index contributed by atoms with van der Waals surface area (Å²) in [7, 11) is 0. The molecule has 2 N–H and O–H groups in total. The summed E-state index contributed by atoms with van der Waals surface area (Å²) < 4.78 is 12.8. The van der Waals surface area contributed by atoms with Crippen molar-refractivity contribution in [3.05, 3.63) is 34.6 Å². The summed E-state index contributed by atoms with van der Waals surface area (Å²) in [5.41, 5.74) is 0.373. The lowest BCUT2D eigenvalue weighted by Gasteiger charge is -2.15. The predicted molar refractivity (Wildman–Crippen MR) is 55.6 cm³/mol. The highest BCUT2D eigenvalue weighted by atomic mass is 35.5. The summed E-state index contributed by atoms with van der Waals surface area (Å²) in [4.78, 5) is 20.9. The standard InChI is InChI=1S/C10H9ClFNO3/c11-8-3-6(12)1-2-7(8)9(13-5-14)4-10(15)16/h1-3,5,9H,4H2,(H,13,14)(H,15,16)/t9-/m1/s1. The second kappa shape index (κ2) is 5.46. The minimum atomic E-state index is -1.08. The Morgan fingerprint density at radius 3 is 2.81 bits per heavy atom. The number of carboxylic acid groups (broad SMARTS) is 1. The van der Waals surface area contributed by atoms with Crippen LogP contribution in [0.3, 0.4) is 0 Å². The molecule has 1 rings (SSSR count). The number of hydrogen-bond donors (Lipinski definition) is 2. The molecule has 0 fully saturated rings. The molecular weight excluding hydrogens is 237 g/mol. The van der Waals surface area contributed by atoms with E-state index < -0.39 is 17.8 Å². The van der Waals surface area contributed by atoms with Gasteiger partial charge in [0.05, 0.1) is 12.5 Å². The van der Waals surface area contributed by atoms with Gasteiger partial charge < -0.3 is 10.4 Å². The molecule has 1 aromatic rings. The fourth-order valence-corrected chi connectivity index (χ4v) is 1.60. The van der Waals surface area contributed by atoms with E-state index in [0.717, 1.165) is 12.1 Å². The first-order chi connectivity index (χ1) is 7.54. The first kappa shape index (κ1) is 12.4. The first-order valence-electron chi connectivity index (χ1n) is 4.41. The molecule has 1 atom stereocenters. The van der Waals surface area contributed by atoms with Crippen LogP contribution in [-0.4, -0.2) is 17.5 Å². The van der Waals surface area contributed by atoms with Gasteiger partial charge in [0.2, 0.25) is 6.41 Å². The Kier molecular flexibility index (Phi) is 4.25. The molecule has 0 aliphatic heterocycles. The summed E-state index contributed by atoms with van der Waals surface area (Å²) in [6, 6.07) is 2.81. The summed E-state index contributed by atoms with van der Waals surface area (Å²) in [5, 5.41) is 11.1. The van der Waals surface area contributed by atoms with Gasteiger partial charge in [0.15, 0.2) is 0 Å². The number of amides is 1. The van der Waals surface area contributed by atoms with Crippen molar-refractivity contribution >= 4 is 24.0 Å². The molecule has 0 aromatic heterocycles. The molecule has 1 amide bonds. The van der Waals surface area contributed by atoms with Crippen molar-refractivity contribution in [2.24, 2.45) is 0 Å². The van der Waals surface area contributed by atoms with Crippen molar-refractivity contribution in [1.82, 2.24) is 5.32 Å². The third-order valence-electron chi connectivity index (χ3n) is 1.99. The van der Waals surface area contributed by atoms with E-state index in [4.69, 9.17) is 16.7 Å². The van der Waals surface area contributed by atoms with Crippen molar-refractivity contribution < 1.29 is 19.1 Å². The van der Waals surface area contributed by atoms with Gasteiger partial charge in [-0.05, 0) is 17.7 Å². The molecule has 0 heterocycles. The number of nitrogens with one attached hydrogen (secondary N) is 1. The zero-order valence-electron chi connectivity index (χ0n) is 8.11. The number of hydrogen-bond acceptors (Lipinski definition) is 2. The van der Waals surface area contributed by atoms with Gasteiger partial charge in [-0.2, -0.15) is 0 Å². The molecule has 1 aromatic carbocycles. The zero-order chi connectivity index (χ0) is 12.1. The van der Waals surface area contributed by atoms with Gasteiger partial charge >= 0.3 is 5.97 Å². The number of halogens is 2. The molecule has 0 aliphatic carbocycles. The van der Waals surface area contributed by atoms with Crippen LogP contribution in [0.5, 0.6) is 0 Å². The van der Waals surface area contributed by atoms with Crippen LogP contribution in [0.2, 0.25) is 5.02 Å². The predicted octanol–water partition coefficient (Wildman–Crippen LogP) is 1.74. The highest BCUT2D eigenvalue weighted by Crippen LogP contribution is 2.25. The monoisotopic (exact) mass is 245 g/mol. The Bertz CT molecular complexity index is 411. The van der Waals surface area contributed by atoms with E-state index in [-0.39, 0.29) is 11.4 Å². The molecule has 0 aliphatic rings. The smallest absolute Gasteiger partial charge is 0.305 e. The van der Waals surface area contributed by atoms with Gasteiger partial charge in [0.1, 0.15) is 5.82 Å². The third kappa shape index (κ3) is 3.20. The maximum Gasteiger partial charge on any atom is 0.305 e. The van der Waals surface area contributed by atoms with E-state index >= 15 is 0 Å². The van der Waals surface area contributed by atoms with E-state index in [9.17, 15) is 14.0 Å². The minimum absolute atomic E-state index is 0.0839. The van der Waals surface area contributed by atoms with Gasteiger partial charge in [-0.3, -0.25) is 9.59 Å². The molecule has 16 heavy (non-hydrogen) atoms. The van der Waals surface area contributed by atoms with Crippen LogP contribution in [0.25, 0.3) is 0 Å². The average Bonchev–Trinajstić information content (AvgIpc) is 2.16. The Morgan fingerprint density at radius 1 is 1.62 bits per heavy atom. The zero-order valence-corrected chi connectivity index (χ0v) is 8.87. The van der Waals surface area contributed by atoms with E-state index in [1.807, 2.05) is 0 Å². The summed E-state index contributed by atoms with van der Waals surface area (Å²) in [6.45, 7) is 0. The molecule has 4 nitrogen and oxygen atoms in total. The number of rotatable bonds is 5. The number of benzene rings is 1. The first-order valence-corrected chi connectivity index (χ1v) is 4.79. The van der Waals surface area contributed by atoms with Crippen molar-refractivity contribution in [2.45, 2.75) is 12.5 Å². The van der Waals surface area contributed by atoms with Gasteiger partial charge in [-0.15, -0.1) is 0 Å². The lowest BCUT2D eigenvalue weighted by molar-refractivity contribution is -0.137. The lowest BCUT2D eigenvalue weighted by atomic mass is 10.0. The Labute approximate surface area is 96.0 Å². The summed E-state index contributed by atoms with van der Waals surface area (Å²) in [6.07, 6.45) is 0.0669. The molecule has 0 spiro atoms. The molecule has 0 bridgehead atoms. The molecule has 86 valence electrons. The molecule has 0 saturated carbocycles. The normalized spacial score (nSPS) is 11.9. The van der Waals surface area contributed by atoms with Gasteiger partial charge in [0, 0.05) is 5.02 Å². The minimum Gasteiger partial charge on any atom is -0.481 e.